The monoisotopic (exact) mass is 219 g/mol. The highest BCUT2D eigenvalue weighted by atomic mass is 32.2. The van der Waals surface area contributed by atoms with Crippen LogP contribution in [-0.2, 0) is 10.1 Å². The first-order chi connectivity index (χ1) is 6.58. The smallest absolute Gasteiger partial charge is 0.264 e. The first-order valence-corrected chi connectivity index (χ1v) is 6.52. The van der Waals surface area contributed by atoms with E-state index in [0.717, 1.165) is 19.3 Å². The summed E-state index contributed by atoms with van der Waals surface area (Å²) in [5.74, 6) is -0.150. The Bertz CT molecular complexity index is 284. The van der Waals surface area contributed by atoms with Crippen molar-refractivity contribution in [3.63, 3.8) is 0 Å². The van der Waals surface area contributed by atoms with Crippen LogP contribution in [0.3, 0.4) is 0 Å². The molecule has 0 aliphatic heterocycles. The lowest BCUT2D eigenvalue weighted by molar-refractivity contribution is 0.461. The molecule has 0 fully saturated rings. The molecule has 1 aliphatic rings. The SMILES string of the molecule is O=S(=O)(O)CCCN[C@H]1CC=CCC1. The van der Waals surface area contributed by atoms with Gasteiger partial charge in [-0.05, 0) is 32.2 Å². The minimum atomic E-state index is -3.78. The molecule has 0 saturated carbocycles. The van der Waals surface area contributed by atoms with Gasteiger partial charge in [-0.1, -0.05) is 12.2 Å². The van der Waals surface area contributed by atoms with E-state index >= 15 is 0 Å². The summed E-state index contributed by atoms with van der Waals surface area (Å²) in [6.45, 7) is 0.651. The average molecular weight is 219 g/mol. The molecule has 5 heteroatoms. The van der Waals surface area contributed by atoms with Crippen LogP contribution in [0.5, 0.6) is 0 Å². The van der Waals surface area contributed by atoms with E-state index in [2.05, 4.69) is 17.5 Å². The lowest BCUT2D eigenvalue weighted by Gasteiger charge is -2.18. The van der Waals surface area contributed by atoms with E-state index in [4.69, 9.17) is 4.55 Å². The predicted octanol–water partition coefficient (Wildman–Crippen LogP) is 0.963. The maximum Gasteiger partial charge on any atom is 0.264 e. The van der Waals surface area contributed by atoms with Crippen LogP contribution in [0.1, 0.15) is 25.7 Å². The summed E-state index contributed by atoms with van der Waals surface area (Å²) in [4.78, 5) is 0. The van der Waals surface area contributed by atoms with Crippen molar-refractivity contribution in [1.82, 2.24) is 5.32 Å². The van der Waals surface area contributed by atoms with E-state index in [-0.39, 0.29) is 5.75 Å². The van der Waals surface area contributed by atoms with Crippen LogP contribution in [0, 0.1) is 0 Å². The van der Waals surface area contributed by atoms with Gasteiger partial charge in [0.1, 0.15) is 0 Å². The number of hydrogen-bond acceptors (Lipinski definition) is 3. The van der Waals surface area contributed by atoms with Crippen LogP contribution in [0.15, 0.2) is 12.2 Å². The molecule has 1 rings (SSSR count). The Labute approximate surface area is 85.1 Å². The molecular weight excluding hydrogens is 202 g/mol. The summed E-state index contributed by atoms with van der Waals surface area (Å²) in [7, 11) is -3.78. The van der Waals surface area contributed by atoms with Gasteiger partial charge in [0.05, 0.1) is 5.75 Å². The number of nitrogens with one attached hydrogen (secondary N) is 1. The van der Waals surface area contributed by atoms with Gasteiger partial charge in [0.25, 0.3) is 10.1 Å². The summed E-state index contributed by atoms with van der Waals surface area (Å²) in [6, 6.07) is 0.474. The van der Waals surface area contributed by atoms with Gasteiger partial charge >= 0.3 is 0 Å². The van der Waals surface area contributed by atoms with Crippen molar-refractivity contribution < 1.29 is 13.0 Å². The summed E-state index contributed by atoms with van der Waals surface area (Å²) >= 11 is 0. The van der Waals surface area contributed by atoms with E-state index in [1.807, 2.05) is 0 Å². The Hall–Kier alpha value is -0.390. The van der Waals surface area contributed by atoms with Crippen molar-refractivity contribution >= 4 is 10.1 Å². The second kappa shape index (κ2) is 5.48. The maximum atomic E-state index is 10.4. The third kappa shape index (κ3) is 5.36. The van der Waals surface area contributed by atoms with Gasteiger partial charge in [0.15, 0.2) is 0 Å². The normalized spacial score (nSPS) is 22.5. The molecule has 1 aliphatic carbocycles. The van der Waals surface area contributed by atoms with Crippen molar-refractivity contribution in [1.29, 1.82) is 0 Å². The molecule has 4 nitrogen and oxygen atoms in total. The van der Waals surface area contributed by atoms with Crippen molar-refractivity contribution in [3.05, 3.63) is 12.2 Å². The highest BCUT2D eigenvalue weighted by molar-refractivity contribution is 7.85. The number of rotatable bonds is 5. The number of hydrogen-bond donors (Lipinski definition) is 2. The Morgan fingerprint density at radius 1 is 1.43 bits per heavy atom. The fourth-order valence-corrected chi connectivity index (χ4v) is 2.05. The Morgan fingerprint density at radius 2 is 2.21 bits per heavy atom. The second-order valence-electron chi connectivity index (χ2n) is 3.58. The van der Waals surface area contributed by atoms with Crippen LogP contribution >= 0.6 is 0 Å². The summed E-state index contributed by atoms with van der Waals surface area (Å²) in [6.07, 6.45) is 8.00. The minimum absolute atomic E-state index is 0.150. The summed E-state index contributed by atoms with van der Waals surface area (Å²) < 4.78 is 29.3. The van der Waals surface area contributed by atoms with Crippen molar-refractivity contribution in [2.24, 2.45) is 0 Å². The van der Waals surface area contributed by atoms with Gasteiger partial charge in [0, 0.05) is 6.04 Å². The van der Waals surface area contributed by atoms with Gasteiger partial charge in [-0.25, -0.2) is 0 Å². The van der Waals surface area contributed by atoms with Crippen molar-refractivity contribution in [2.75, 3.05) is 12.3 Å². The van der Waals surface area contributed by atoms with E-state index in [1.165, 1.54) is 0 Å². The molecule has 1 atom stereocenters. The molecule has 0 saturated heterocycles. The van der Waals surface area contributed by atoms with Crippen LogP contribution in [0.2, 0.25) is 0 Å². The Balaban J connectivity index is 2.07. The molecular formula is C9H17NO3S. The van der Waals surface area contributed by atoms with Crippen LogP contribution < -0.4 is 5.32 Å². The van der Waals surface area contributed by atoms with Gasteiger partial charge in [0.2, 0.25) is 0 Å². The molecule has 0 bridgehead atoms. The van der Waals surface area contributed by atoms with Gasteiger partial charge in [-0.15, -0.1) is 0 Å². The molecule has 2 N–H and O–H groups in total. The highest BCUT2D eigenvalue weighted by Crippen LogP contribution is 2.10. The molecule has 0 heterocycles. The molecule has 0 spiro atoms. The van der Waals surface area contributed by atoms with Gasteiger partial charge in [-0.2, -0.15) is 8.42 Å². The van der Waals surface area contributed by atoms with Crippen molar-refractivity contribution in [3.8, 4) is 0 Å². The van der Waals surface area contributed by atoms with E-state index in [1.54, 1.807) is 0 Å². The zero-order valence-electron chi connectivity index (χ0n) is 8.15. The maximum absolute atomic E-state index is 10.4. The molecule has 0 radical (unpaired) electrons. The molecule has 0 aromatic heterocycles. The van der Waals surface area contributed by atoms with Crippen molar-refractivity contribution in [2.45, 2.75) is 31.7 Å². The average Bonchev–Trinajstić information content (AvgIpc) is 2.13. The minimum Gasteiger partial charge on any atom is -0.314 e. The summed E-state index contributed by atoms with van der Waals surface area (Å²) in [5, 5.41) is 3.27. The summed E-state index contributed by atoms with van der Waals surface area (Å²) in [5.41, 5.74) is 0. The van der Waals surface area contributed by atoms with Crippen LogP contribution in [0.4, 0.5) is 0 Å². The Morgan fingerprint density at radius 3 is 2.79 bits per heavy atom. The fourth-order valence-electron chi connectivity index (χ4n) is 1.54. The zero-order chi connectivity index (χ0) is 10.4. The zero-order valence-corrected chi connectivity index (χ0v) is 8.96. The third-order valence-electron chi connectivity index (χ3n) is 2.28. The fraction of sp³-hybridized carbons (Fsp3) is 0.778. The molecule has 0 aromatic rings. The quantitative estimate of drug-likeness (QED) is 0.410. The predicted molar refractivity (Wildman–Crippen MR) is 55.8 cm³/mol. The van der Waals surface area contributed by atoms with E-state index in [9.17, 15) is 8.42 Å². The highest BCUT2D eigenvalue weighted by Gasteiger charge is 2.09. The van der Waals surface area contributed by atoms with Crippen LogP contribution in [0.25, 0.3) is 0 Å². The second-order valence-corrected chi connectivity index (χ2v) is 5.15. The molecule has 14 heavy (non-hydrogen) atoms. The van der Waals surface area contributed by atoms with Gasteiger partial charge in [-0.3, -0.25) is 4.55 Å². The molecule has 82 valence electrons. The standard InChI is InChI=1S/C9H17NO3S/c11-14(12,13)8-4-7-10-9-5-2-1-3-6-9/h1-2,9-10H,3-8H2,(H,11,12,13)/t9-/m0/s1. The van der Waals surface area contributed by atoms with Gasteiger partial charge < -0.3 is 5.32 Å². The topological polar surface area (TPSA) is 66.4 Å². The Kier molecular flexibility index (Phi) is 4.57. The molecule has 0 unspecified atom stereocenters. The number of allylic oxidation sites excluding steroid dienone is 1. The first kappa shape index (κ1) is 11.7. The molecule has 0 aromatic carbocycles. The van der Waals surface area contributed by atoms with Crippen LogP contribution in [-0.4, -0.2) is 31.3 Å². The lowest BCUT2D eigenvalue weighted by Crippen LogP contribution is -2.31. The largest absolute Gasteiger partial charge is 0.314 e. The molecule has 0 amide bonds. The third-order valence-corrected chi connectivity index (χ3v) is 3.09. The first-order valence-electron chi connectivity index (χ1n) is 4.91. The van der Waals surface area contributed by atoms with E-state index in [0.29, 0.717) is 19.0 Å². The lowest BCUT2D eigenvalue weighted by atomic mass is 10.0. The van der Waals surface area contributed by atoms with E-state index < -0.39 is 10.1 Å².